The number of benzene rings is 1. The van der Waals surface area contributed by atoms with Crippen molar-refractivity contribution in [1.29, 1.82) is 0 Å². The lowest BCUT2D eigenvalue weighted by molar-refractivity contribution is -0.133. The number of rotatable bonds is 6. The maximum atomic E-state index is 10.4. The molecule has 0 saturated carbocycles. The molecule has 0 atom stereocenters. The van der Waals surface area contributed by atoms with Crippen LogP contribution in [-0.4, -0.2) is 27.0 Å². The Hall–Kier alpha value is -2.02. The number of hydrogen-bond acceptors (Lipinski definition) is 6. The lowest BCUT2D eigenvalue weighted by Gasteiger charge is -2.01. The summed E-state index contributed by atoms with van der Waals surface area (Å²) in [5, 5.41) is 12.4. The van der Waals surface area contributed by atoms with Gasteiger partial charge in [-0.25, -0.2) is 0 Å². The zero-order chi connectivity index (χ0) is 12.8. The second-order valence-electron chi connectivity index (χ2n) is 3.26. The van der Waals surface area contributed by atoms with Gasteiger partial charge in [0.25, 0.3) is 5.22 Å². The van der Waals surface area contributed by atoms with Crippen molar-refractivity contribution in [3.8, 4) is 5.75 Å². The van der Waals surface area contributed by atoms with Gasteiger partial charge in [-0.05, 0) is 12.1 Å². The van der Waals surface area contributed by atoms with Crippen molar-refractivity contribution in [3.05, 3.63) is 36.2 Å². The number of nitrogens with zero attached hydrogens (tertiary/aromatic N) is 2. The zero-order valence-electron chi connectivity index (χ0n) is 9.28. The number of para-hydroxylation sites is 1. The van der Waals surface area contributed by atoms with Gasteiger partial charge in [0.1, 0.15) is 11.5 Å². The molecule has 2 aromatic rings. The molecule has 7 heteroatoms. The Bertz CT molecular complexity index is 515. The van der Waals surface area contributed by atoms with Crippen LogP contribution in [0.3, 0.4) is 0 Å². The van der Waals surface area contributed by atoms with Crippen LogP contribution in [0.25, 0.3) is 0 Å². The quantitative estimate of drug-likeness (QED) is 0.798. The Kier molecular flexibility index (Phi) is 4.19. The van der Waals surface area contributed by atoms with E-state index in [0.29, 0.717) is 11.6 Å². The molecule has 0 unspecified atom stereocenters. The maximum absolute atomic E-state index is 10.4. The average Bonchev–Trinajstić information content (AvgIpc) is 2.83. The molecule has 18 heavy (non-hydrogen) atoms. The Morgan fingerprint density at radius 2 is 2.17 bits per heavy atom. The Labute approximate surface area is 107 Å². The fourth-order valence-corrected chi connectivity index (χ4v) is 1.65. The fourth-order valence-electron chi connectivity index (χ4n) is 1.14. The van der Waals surface area contributed by atoms with Crippen molar-refractivity contribution in [3.63, 3.8) is 0 Å². The first-order valence-electron chi connectivity index (χ1n) is 5.09. The number of carbonyl (C=O) groups is 1. The molecule has 0 radical (unpaired) electrons. The molecule has 0 spiro atoms. The second-order valence-corrected chi connectivity index (χ2v) is 4.19. The van der Waals surface area contributed by atoms with Crippen LogP contribution in [-0.2, 0) is 11.4 Å². The summed E-state index contributed by atoms with van der Waals surface area (Å²) in [4.78, 5) is 14.3. The molecule has 0 aliphatic carbocycles. The number of hydrogen-bond donors (Lipinski definition) is 1. The van der Waals surface area contributed by atoms with E-state index < -0.39 is 5.97 Å². The third kappa shape index (κ3) is 3.77. The van der Waals surface area contributed by atoms with Crippen LogP contribution < -0.4 is 4.74 Å². The van der Waals surface area contributed by atoms with Crippen LogP contribution in [0.15, 0.2) is 40.1 Å². The molecule has 1 heterocycles. The van der Waals surface area contributed by atoms with E-state index in [2.05, 4.69) is 10.1 Å². The highest BCUT2D eigenvalue weighted by molar-refractivity contribution is 7.99. The van der Waals surface area contributed by atoms with Crippen molar-refractivity contribution in [2.24, 2.45) is 0 Å². The van der Waals surface area contributed by atoms with Crippen LogP contribution in [0.4, 0.5) is 0 Å². The third-order valence-electron chi connectivity index (χ3n) is 1.88. The average molecular weight is 266 g/mol. The Morgan fingerprint density at radius 3 is 2.89 bits per heavy atom. The minimum Gasteiger partial charge on any atom is -0.485 e. The number of carboxylic acids is 1. The number of thioether (sulfide) groups is 1. The first kappa shape index (κ1) is 12.4. The van der Waals surface area contributed by atoms with E-state index in [9.17, 15) is 4.79 Å². The summed E-state index contributed by atoms with van der Waals surface area (Å²) in [5.41, 5.74) is 0. The van der Waals surface area contributed by atoms with Crippen LogP contribution in [0.5, 0.6) is 5.75 Å². The highest BCUT2D eigenvalue weighted by atomic mass is 32.2. The smallest absolute Gasteiger partial charge is 0.314 e. The molecule has 0 saturated heterocycles. The lowest BCUT2D eigenvalue weighted by atomic mass is 10.3. The van der Waals surface area contributed by atoms with Gasteiger partial charge in [-0.3, -0.25) is 4.79 Å². The van der Waals surface area contributed by atoms with Crippen molar-refractivity contribution >= 4 is 17.7 Å². The van der Waals surface area contributed by atoms with E-state index in [4.69, 9.17) is 14.4 Å². The van der Waals surface area contributed by atoms with Gasteiger partial charge in [0, 0.05) is 0 Å². The summed E-state index contributed by atoms with van der Waals surface area (Å²) in [5.74, 6) is 0.0512. The monoisotopic (exact) mass is 266 g/mol. The van der Waals surface area contributed by atoms with Crippen molar-refractivity contribution in [2.75, 3.05) is 5.75 Å². The highest BCUT2D eigenvalue weighted by Crippen LogP contribution is 2.16. The fraction of sp³-hybridized carbons (Fsp3) is 0.182. The van der Waals surface area contributed by atoms with Gasteiger partial charge in [-0.15, -0.1) is 0 Å². The molecular formula is C11H10N2O4S. The summed E-state index contributed by atoms with van der Waals surface area (Å²) in [6.07, 6.45) is 0. The van der Waals surface area contributed by atoms with E-state index >= 15 is 0 Å². The molecule has 1 N–H and O–H groups in total. The van der Waals surface area contributed by atoms with Crippen molar-refractivity contribution < 1.29 is 19.2 Å². The molecule has 0 aliphatic rings. The summed E-state index contributed by atoms with van der Waals surface area (Å²) >= 11 is 0.976. The summed E-state index contributed by atoms with van der Waals surface area (Å²) in [7, 11) is 0. The third-order valence-corrected chi connectivity index (χ3v) is 2.68. The summed E-state index contributed by atoms with van der Waals surface area (Å²) in [6.45, 7) is 0.182. The maximum Gasteiger partial charge on any atom is 0.314 e. The SMILES string of the molecule is O=C(O)CSc1nc(COc2ccccc2)no1. The molecule has 0 amide bonds. The van der Waals surface area contributed by atoms with E-state index in [1.54, 1.807) is 0 Å². The van der Waals surface area contributed by atoms with Crippen molar-refractivity contribution in [1.82, 2.24) is 10.1 Å². The van der Waals surface area contributed by atoms with Gasteiger partial charge in [-0.2, -0.15) is 4.98 Å². The number of aliphatic carboxylic acids is 1. The minimum absolute atomic E-state index is 0.110. The molecule has 0 aliphatic heterocycles. The second kappa shape index (κ2) is 6.06. The number of carboxylic acid groups (broad SMARTS) is 1. The normalized spacial score (nSPS) is 10.2. The molecule has 6 nitrogen and oxygen atoms in total. The van der Waals surface area contributed by atoms with Gasteiger partial charge < -0.3 is 14.4 Å². The molecule has 1 aromatic carbocycles. The lowest BCUT2D eigenvalue weighted by Crippen LogP contribution is -1.98. The Balaban J connectivity index is 1.85. The molecular weight excluding hydrogens is 256 g/mol. The number of ether oxygens (including phenoxy) is 1. The van der Waals surface area contributed by atoms with Crippen LogP contribution in [0.1, 0.15) is 5.82 Å². The predicted octanol–water partition coefficient (Wildman–Crippen LogP) is 1.83. The highest BCUT2D eigenvalue weighted by Gasteiger charge is 2.09. The largest absolute Gasteiger partial charge is 0.485 e. The first-order valence-corrected chi connectivity index (χ1v) is 6.07. The van der Waals surface area contributed by atoms with Crippen LogP contribution >= 0.6 is 11.8 Å². The molecule has 0 fully saturated rings. The van der Waals surface area contributed by atoms with Gasteiger partial charge in [0.2, 0.25) is 5.82 Å². The van der Waals surface area contributed by atoms with E-state index in [0.717, 1.165) is 11.8 Å². The molecule has 0 bridgehead atoms. The topological polar surface area (TPSA) is 85.5 Å². The van der Waals surface area contributed by atoms with E-state index in [1.165, 1.54) is 0 Å². The van der Waals surface area contributed by atoms with Crippen LogP contribution in [0.2, 0.25) is 0 Å². The first-order chi connectivity index (χ1) is 8.74. The van der Waals surface area contributed by atoms with Crippen molar-refractivity contribution in [2.45, 2.75) is 11.8 Å². The van der Waals surface area contributed by atoms with Gasteiger partial charge in [0.05, 0.1) is 0 Å². The van der Waals surface area contributed by atoms with Crippen LogP contribution in [0, 0.1) is 0 Å². The molecule has 1 aromatic heterocycles. The summed E-state index contributed by atoms with van der Waals surface area (Å²) < 4.78 is 10.3. The Morgan fingerprint density at radius 1 is 1.39 bits per heavy atom. The summed E-state index contributed by atoms with van der Waals surface area (Å²) in [6, 6.07) is 9.25. The van der Waals surface area contributed by atoms with Gasteiger partial charge >= 0.3 is 5.97 Å². The standard InChI is InChI=1S/C11H10N2O4S/c14-10(15)7-18-11-12-9(13-17-11)6-16-8-4-2-1-3-5-8/h1-5H,6-7H2,(H,14,15). The minimum atomic E-state index is -0.930. The number of aromatic nitrogens is 2. The van der Waals surface area contributed by atoms with Gasteiger partial charge in [0.15, 0.2) is 6.61 Å². The van der Waals surface area contributed by atoms with E-state index in [-0.39, 0.29) is 17.6 Å². The zero-order valence-corrected chi connectivity index (χ0v) is 10.1. The molecule has 94 valence electrons. The van der Waals surface area contributed by atoms with Gasteiger partial charge in [-0.1, -0.05) is 35.1 Å². The van der Waals surface area contributed by atoms with E-state index in [1.807, 2.05) is 30.3 Å². The molecule has 2 rings (SSSR count). The predicted molar refractivity (Wildman–Crippen MR) is 63.4 cm³/mol.